The van der Waals surface area contributed by atoms with Gasteiger partial charge in [-0.05, 0) is 30.7 Å². The number of aromatic carboxylic acids is 2. The van der Waals surface area contributed by atoms with E-state index in [9.17, 15) is 19.8 Å². The number of carboxylic acid groups (broad SMARTS) is 2. The number of thiophene rings is 1. The van der Waals surface area contributed by atoms with Crippen LogP contribution in [0.5, 0.6) is 0 Å². The van der Waals surface area contributed by atoms with Crippen molar-refractivity contribution in [3.63, 3.8) is 0 Å². The molecule has 0 unspecified atom stereocenters. The Kier molecular flexibility index (Phi) is 4.69. The van der Waals surface area contributed by atoms with Crippen LogP contribution in [-0.4, -0.2) is 32.1 Å². The van der Waals surface area contributed by atoms with E-state index in [0.717, 1.165) is 33.0 Å². The maximum atomic E-state index is 11.4. The molecule has 0 atom stereocenters. The average Bonchev–Trinajstić information content (AvgIpc) is 3.13. The Balaban J connectivity index is 1.83. The van der Waals surface area contributed by atoms with Crippen LogP contribution in [0.15, 0.2) is 54.2 Å². The summed E-state index contributed by atoms with van der Waals surface area (Å²) in [5, 5.41) is 24.4. The van der Waals surface area contributed by atoms with Gasteiger partial charge < -0.3 is 15.5 Å². The molecule has 3 N–H and O–H groups in total. The van der Waals surface area contributed by atoms with E-state index >= 15 is 0 Å². The second-order valence-corrected chi connectivity index (χ2v) is 7.31. The Bertz CT molecular complexity index is 1220. The lowest BCUT2D eigenvalue weighted by atomic mass is 10.0. The summed E-state index contributed by atoms with van der Waals surface area (Å²) in [7, 11) is 0. The molecule has 2 aromatic carbocycles. The summed E-state index contributed by atoms with van der Waals surface area (Å²) in [6.45, 7) is 2.01. The van der Waals surface area contributed by atoms with Crippen LogP contribution in [0.1, 0.15) is 26.3 Å². The zero-order valence-corrected chi connectivity index (χ0v) is 16.0. The zero-order valence-electron chi connectivity index (χ0n) is 15.2. The van der Waals surface area contributed by atoms with Gasteiger partial charge in [-0.25, -0.2) is 19.6 Å². The van der Waals surface area contributed by atoms with Crippen molar-refractivity contribution in [3.8, 4) is 11.1 Å². The van der Waals surface area contributed by atoms with E-state index in [2.05, 4.69) is 15.3 Å². The highest BCUT2D eigenvalue weighted by Gasteiger charge is 2.16. The number of hydrogen-bond donors (Lipinski definition) is 3. The standard InChI is InChI=1S/C21H15N3O4S/c1-11-2-4-12(5-3-11)16-9-29-19-17(16)18(22-10-23-19)24-15-7-13(20(25)26)6-14(8-15)21(27)28/h2-10H,1H3,(H,25,26)(H,27,28)(H,22,23,24). The van der Waals surface area contributed by atoms with Crippen molar-refractivity contribution in [1.29, 1.82) is 0 Å². The van der Waals surface area contributed by atoms with Gasteiger partial charge in [0.2, 0.25) is 0 Å². The van der Waals surface area contributed by atoms with Crippen molar-refractivity contribution < 1.29 is 19.8 Å². The molecule has 2 aromatic heterocycles. The lowest BCUT2D eigenvalue weighted by Gasteiger charge is -2.10. The summed E-state index contributed by atoms with van der Waals surface area (Å²) in [6, 6.07) is 11.9. The number of nitrogens with zero attached hydrogens (tertiary/aromatic N) is 2. The smallest absolute Gasteiger partial charge is 0.335 e. The lowest BCUT2D eigenvalue weighted by molar-refractivity contribution is 0.0696. The number of carboxylic acids is 2. The molecule has 0 aliphatic carbocycles. The molecule has 0 radical (unpaired) electrons. The minimum atomic E-state index is -1.21. The fourth-order valence-electron chi connectivity index (χ4n) is 3.00. The highest BCUT2D eigenvalue weighted by Crippen LogP contribution is 2.37. The molecule has 0 aliphatic rings. The molecule has 144 valence electrons. The first-order valence-electron chi connectivity index (χ1n) is 8.60. The summed E-state index contributed by atoms with van der Waals surface area (Å²) in [4.78, 5) is 32.2. The third-order valence-corrected chi connectivity index (χ3v) is 5.31. The zero-order chi connectivity index (χ0) is 20.5. The molecule has 8 heteroatoms. The third kappa shape index (κ3) is 3.65. The van der Waals surface area contributed by atoms with Gasteiger partial charge in [0.1, 0.15) is 17.0 Å². The van der Waals surface area contributed by atoms with Gasteiger partial charge in [0.25, 0.3) is 0 Å². The first kappa shape index (κ1) is 18.6. The minimum Gasteiger partial charge on any atom is -0.478 e. The maximum Gasteiger partial charge on any atom is 0.335 e. The second-order valence-electron chi connectivity index (χ2n) is 6.45. The van der Waals surface area contributed by atoms with Crippen molar-refractivity contribution in [3.05, 3.63) is 70.9 Å². The van der Waals surface area contributed by atoms with E-state index in [0.29, 0.717) is 11.5 Å². The number of benzene rings is 2. The number of carbonyl (C=O) groups is 2. The van der Waals surface area contributed by atoms with E-state index in [-0.39, 0.29) is 11.1 Å². The van der Waals surface area contributed by atoms with E-state index in [4.69, 9.17) is 0 Å². The number of aromatic nitrogens is 2. The van der Waals surface area contributed by atoms with Crippen LogP contribution in [0.3, 0.4) is 0 Å². The van der Waals surface area contributed by atoms with Crippen molar-refractivity contribution in [2.24, 2.45) is 0 Å². The van der Waals surface area contributed by atoms with E-state index < -0.39 is 11.9 Å². The number of fused-ring (bicyclic) bond motifs is 1. The van der Waals surface area contributed by atoms with Crippen LogP contribution < -0.4 is 5.32 Å². The molecule has 0 fully saturated rings. The average molecular weight is 405 g/mol. The Labute approximate surface area is 169 Å². The van der Waals surface area contributed by atoms with E-state index in [1.54, 1.807) is 0 Å². The molecule has 29 heavy (non-hydrogen) atoms. The fourth-order valence-corrected chi connectivity index (χ4v) is 3.91. The number of rotatable bonds is 5. The van der Waals surface area contributed by atoms with E-state index in [1.807, 2.05) is 36.6 Å². The monoisotopic (exact) mass is 405 g/mol. The summed E-state index contributed by atoms with van der Waals surface area (Å²) in [5.74, 6) is -1.94. The molecule has 4 aromatic rings. The third-order valence-electron chi connectivity index (χ3n) is 4.42. The SMILES string of the molecule is Cc1ccc(-c2csc3ncnc(Nc4cc(C(=O)O)cc(C(=O)O)c4)c23)cc1. The van der Waals surface area contributed by atoms with Gasteiger partial charge >= 0.3 is 11.9 Å². The summed E-state index contributed by atoms with van der Waals surface area (Å²) in [5.41, 5.74) is 3.17. The van der Waals surface area contributed by atoms with Gasteiger partial charge in [0.05, 0.1) is 16.5 Å². The highest BCUT2D eigenvalue weighted by molar-refractivity contribution is 7.17. The minimum absolute atomic E-state index is 0.123. The molecular formula is C21H15N3O4S. The van der Waals surface area contributed by atoms with Crippen LogP contribution >= 0.6 is 11.3 Å². The highest BCUT2D eigenvalue weighted by atomic mass is 32.1. The quantitative estimate of drug-likeness (QED) is 0.437. The van der Waals surface area contributed by atoms with Crippen molar-refractivity contribution in [1.82, 2.24) is 9.97 Å². The number of anilines is 2. The summed E-state index contributed by atoms with van der Waals surface area (Å²) >= 11 is 1.47. The van der Waals surface area contributed by atoms with Gasteiger partial charge in [-0.15, -0.1) is 11.3 Å². The molecular weight excluding hydrogens is 390 g/mol. The normalized spacial score (nSPS) is 10.8. The maximum absolute atomic E-state index is 11.4. The number of aryl methyl sites for hydroxylation is 1. The van der Waals surface area contributed by atoms with Crippen molar-refractivity contribution >= 4 is 45.0 Å². The molecule has 0 bridgehead atoms. The Hall–Kier alpha value is -3.78. The lowest BCUT2D eigenvalue weighted by Crippen LogP contribution is -2.05. The second kappa shape index (κ2) is 7.33. The van der Waals surface area contributed by atoms with Crippen molar-refractivity contribution in [2.75, 3.05) is 5.32 Å². The van der Waals surface area contributed by atoms with Crippen LogP contribution in [0.4, 0.5) is 11.5 Å². The van der Waals surface area contributed by atoms with Gasteiger partial charge in [0.15, 0.2) is 0 Å². The van der Waals surface area contributed by atoms with Crippen LogP contribution in [-0.2, 0) is 0 Å². The van der Waals surface area contributed by atoms with Gasteiger partial charge in [-0.3, -0.25) is 0 Å². The van der Waals surface area contributed by atoms with Crippen LogP contribution in [0, 0.1) is 6.92 Å². The summed E-state index contributed by atoms with van der Waals surface area (Å²) in [6.07, 6.45) is 1.42. The largest absolute Gasteiger partial charge is 0.478 e. The molecule has 0 aliphatic heterocycles. The van der Waals surface area contributed by atoms with E-state index in [1.165, 1.54) is 29.8 Å². The van der Waals surface area contributed by atoms with Crippen LogP contribution in [0.2, 0.25) is 0 Å². The molecule has 0 amide bonds. The predicted molar refractivity (Wildman–Crippen MR) is 111 cm³/mol. The number of nitrogens with one attached hydrogen (secondary N) is 1. The van der Waals surface area contributed by atoms with Gasteiger partial charge in [0, 0.05) is 16.6 Å². The molecule has 0 saturated heterocycles. The van der Waals surface area contributed by atoms with Crippen molar-refractivity contribution in [2.45, 2.75) is 6.92 Å². The molecule has 4 rings (SSSR count). The molecule has 7 nitrogen and oxygen atoms in total. The topological polar surface area (TPSA) is 112 Å². The predicted octanol–water partition coefficient (Wildman–Crippen LogP) is 4.81. The fraction of sp³-hybridized carbons (Fsp3) is 0.0476. The number of hydrogen-bond acceptors (Lipinski definition) is 6. The first-order valence-corrected chi connectivity index (χ1v) is 9.48. The molecule has 0 saturated carbocycles. The Morgan fingerprint density at radius 1 is 0.966 bits per heavy atom. The molecule has 2 heterocycles. The Morgan fingerprint density at radius 3 is 2.24 bits per heavy atom. The summed E-state index contributed by atoms with van der Waals surface area (Å²) < 4.78 is 0. The van der Waals surface area contributed by atoms with Gasteiger partial charge in [-0.1, -0.05) is 29.8 Å². The van der Waals surface area contributed by atoms with Crippen LogP contribution in [0.25, 0.3) is 21.3 Å². The Morgan fingerprint density at radius 2 is 1.62 bits per heavy atom. The first-order chi connectivity index (χ1) is 13.9. The van der Waals surface area contributed by atoms with Gasteiger partial charge in [-0.2, -0.15) is 0 Å². The molecule has 0 spiro atoms.